The molecule has 6 heteroatoms. The van der Waals surface area contributed by atoms with Crippen molar-refractivity contribution in [2.75, 3.05) is 10.6 Å². The number of nitrogens with zero attached hydrogens (tertiary/aromatic N) is 1. The molecule has 2 amide bonds. The summed E-state index contributed by atoms with van der Waals surface area (Å²) < 4.78 is 0. The van der Waals surface area contributed by atoms with Crippen molar-refractivity contribution in [2.45, 2.75) is 0 Å². The van der Waals surface area contributed by atoms with Crippen LogP contribution >= 0.6 is 0 Å². The number of aromatic hydroxyl groups is 2. The molecular weight excluding hydrogens is 258 g/mol. The van der Waals surface area contributed by atoms with Crippen LogP contribution in [0.15, 0.2) is 42.5 Å². The highest BCUT2D eigenvalue weighted by atomic mass is 16.3. The van der Waals surface area contributed by atoms with Gasteiger partial charge in [-0.3, -0.25) is 0 Å². The van der Waals surface area contributed by atoms with Crippen LogP contribution in [-0.4, -0.2) is 16.2 Å². The molecule has 0 fully saturated rings. The van der Waals surface area contributed by atoms with Crippen LogP contribution < -0.4 is 10.6 Å². The SMILES string of the molecule is N#Cc1ccc(NC(=O)Nc2cc(O)cc(O)c2)cc1. The van der Waals surface area contributed by atoms with Gasteiger partial charge in [0, 0.05) is 29.6 Å². The van der Waals surface area contributed by atoms with Crippen LogP contribution in [-0.2, 0) is 0 Å². The van der Waals surface area contributed by atoms with Crippen LogP contribution in [0.2, 0.25) is 0 Å². The quantitative estimate of drug-likeness (QED) is 0.672. The maximum absolute atomic E-state index is 11.7. The maximum atomic E-state index is 11.7. The van der Waals surface area contributed by atoms with Crippen molar-refractivity contribution in [1.29, 1.82) is 5.26 Å². The van der Waals surface area contributed by atoms with E-state index in [4.69, 9.17) is 5.26 Å². The van der Waals surface area contributed by atoms with Crippen LogP contribution in [0.5, 0.6) is 11.5 Å². The lowest BCUT2D eigenvalue weighted by Gasteiger charge is -2.08. The highest BCUT2D eigenvalue weighted by molar-refractivity contribution is 6.00. The molecular formula is C14H11N3O3. The number of carbonyl (C=O) groups excluding carboxylic acids is 1. The fourth-order valence-corrected chi connectivity index (χ4v) is 1.59. The molecule has 2 aromatic carbocycles. The van der Waals surface area contributed by atoms with Crippen molar-refractivity contribution < 1.29 is 15.0 Å². The minimum absolute atomic E-state index is 0.154. The Labute approximate surface area is 114 Å². The Balaban J connectivity index is 2.03. The van der Waals surface area contributed by atoms with Crippen LogP contribution in [0.1, 0.15) is 5.56 Å². The average molecular weight is 269 g/mol. The number of amides is 2. The third kappa shape index (κ3) is 3.40. The van der Waals surface area contributed by atoms with Gasteiger partial charge < -0.3 is 20.8 Å². The fraction of sp³-hybridized carbons (Fsp3) is 0. The average Bonchev–Trinajstić information content (AvgIpc) is 2.38. The minimum Gasteiger partial charge on any atom is -0.508 e. The molecule has 0 aliphatic rings. The predicted octanol–water partition coefficient (Wildman–Crippen LogP) is 2.61. The van der Waals surface area contributed by atoms with E-state index in [0.29, 0.717) is 11.3 Å². The van der Waals surface area contributed by atoms with Crippen LogP contribution in [0.4, 0.5) is 16.2 Å². The van der Waals surface area contributed by atoms with Gasteiger partial charge in [0.05, 0.1) is 11.6 Å². The number of hydrogen-bond donors (Lipinski definition) is 4. The number of nitriles is 1. The molecule has 0 aliphatic heterocycles. The molecule has 20 heavy (non-hydrogen) atoms. The molecule has 0 radical (unpaired) electrons. The van der Waals surface area contributed by atoms with Gasteiger partial charge in [0.1, 0.15) is 11.5 Å². The Morgan fingerprint density at radius 1 is 0.950 bits per heavy atom. The number of carbonyl (C=O) groups is 1. The number of anilines is 2. The Bertz CT molecular complexity index is 655. The van der Waals surface area contributed by atoms with Crippen molar-refractivity contribution in [3.05, 3.63) is 48.0 Å². The number of hydrogen-bond acceptors (Lipinski definition) is 4. The lowest BCUT2D eigenvalue weighted by molar-refractivity contribution is 0.262. The number of phenols is 2. The van der Waals surface area contributed by atoms with Crippen molar-refractivity contribution in [3.63, 3.8) is 0 Å². The molecule has 2 rings (SSSR count). The summed E-state index contributed by atoms with van der Waals surface area (Å²) in [7, 11) is 0. The largest absolute Gasteiger partial charge is 0.508 e. The zero-order valence-electron chi connectivity index (χ0n) is 10.3. The predicted molar refractivity (Wildman–Crippen MR) is 73.6 cm³/mol. The van der Waals surface area contributed by atoms with Gasteiger partial charge in [-0.15, -0.1) is 0 Å². The standard InChI is InChI=1S/C14H11N3O3/c15-8-9-1-3-10(4-2-9)16-14(20)17-11-5-12(18)7-13(19)6-11/h1-7,18-19H,(H2,16,17,20). The van der Waals surface area contributed by atoms with E-state index in [-0.39, 0.29) is 17.2 Å². The minimum atomic E-state index is -0.528. The van der Waals surface area contributed by atoms with Gasteiger partial charge in [-0.25, -0.2) is 4.79 Å². The highest BCUT2D eigenvalue weighted by Gasteiger charge is 2.05. The maximum Gasteiger partial charge on any atom is 0.323 e. The summed E-state index contributed by atoms with van der Waals surface area (Å²) in [5, 5.41) is 32.3. The summed E-state index contributed by atoms with van der Waals surface area (Å²) in [5.41, 5.74) is 1.27. The van der Waals surface area contributed by atoms with Crippen molar-refractivity contribution in [3.8, 4) is 17.6 Å². The molecule has 0 spiro atoms. The summed E-state index contributed by atoms with van der Waals surface area (Å²) in [5.74, 6) is -0.308. The van der Waals surface area contributed by atoms with Gasteiger partial charge in [0.25, 0.3) is 0 Å². The first-order valence-corrected chi connectivity index (χ1v) is 5.68. The van der Waals surface area contributed by atoms with Crippen LogP contribution in [0.3, 0.4) is 0 Å². The lowest BCUT2D eigenvalue weighted by atomic mass is 10.2. The third-order valence-corrected chi connectivity index (χ3v) is 2.43. The Kier molecular flexibility index (Phi) is 3.72. The second-order valence-electron chi connectivity index (χ2n) is 4.01. The van der Waals surface area contributed by atoms with E-state index in [9.17, 15) is 15.0 Å². The molecule has 2 aromatic rings. The summed E-state index contributed by atoms with van der Waals surface area (Å²) in [6.07, 6.45) is 0. The fourth-order valence-electron chi connectivity index (χ4n) is 1.59. The molecule has 0 bridgehead atoms. The van der Waals surface area contributed by atoms with Gasteiger partial charge in [0.15, 0.2) is 0 Å². The molecule has 0 atom stereocenters. The number of benzene rings is 2. The number of phenolic OH excluding ortho intramolecular Hbond substituents is 2. The van der Waals surface area contributed by atoms with Crippen LogP contribution in [0, 0.1) is 11.3 Å². The van der Waals surface area contributed by atoms with Crippen molar-refractivity contribution >= 4 is 17.4 Å². The first-order valence-electron chi connectivity index (χ1n) is 5.68. The van der Waals surface area contributed by atoms with Gasteiger partial charge in [-0.1, -0.05) is 0 Å². The topological polar surface area (TPSA) is 105 Å². The van der Waals surface area contributed by atoms with Gasteiger partial charge in [0.2, 0.25) is 0 Å². The summed E-state index contributed by atoms with van der Waals surface area (Å²) in [6.45, 7) is 0. The smallest absolute Gasteiger partial charge is 0.323 e. The van der Waals surface area contributed by atoms with E-state index in [1.807, 2.05) is 6.07 Å². The van der Waals surface area contributed by atoms with E-state index in [0.717, 1.165) is 6.07 Å². The molecule has 6 nitrogen and oxygen atoms in total. The van der Waals surface area contributed by atoms with E-state index in [1.165, 1.54) is 12.1 Å². The molecule has 0 saturated carbocycles. The Morgan fingerprint density at radius 3 is 2.05 bits per heavy atom. The third-order valence-electron chi connectivity index (χ3n) is 2.43. The summed E-state index contributed by atoms with van der Waals surface area (Å²) >= 11 is 0. The molecule has 0 saturated heterocycles. The molecule has 100 valence electrons. The lowest BCUT2D eigenvalue weighted by Crippen LogP contribution is -2.19. The Morgan fingerprint density at radius 2 is 1.50 bits per heavy atom. The van der Waals surface area contributed by atoms with E-state index >= 15 is 0 Å². The number of nitrogens with one attached hydrogen (secondary N) is 2. The van der Waals surface area contributed by atoms with E-state index in [1.54, 1.807) is 24.3 Å². The summed E-state index contributed by atoms with van der Waals surface area (Å²) in [6, 6.07) is 11.6. The molecule has 4 N–H and O–H groups in total. The van der Waals surface area contributed by atoms with Crippen molar-refractivity contribution in [1.82, 2.24) is 0 Å². The zero-order chi connectivity index (χ0) is 14.5. The molecule has 0 heterocycles. The Hall–Kier alpha value is -3.20. The highest BCUT2D eigenvalue weighted by Crippen LogP contribution is 2.24. The normalized spacial score (nSPS) is 9.55. The first-order chi connectivity index (χ1) is 9.56. The second kappa shape index (κ2) is 5.63. The van der Waals surface area contributed by atoms with Gasteiger partial charge in [-0.05, 0) is 24.3 Å². The van der Waals surface area contributed by atoms with Crippen LogP contribution in [0.25, 0.3) is 0 Å². The van der Waals surface area contributed by atoms with Gasteiger partial charge >= 0.3 is 6.03 Å². The first kappa shape index (κ1) is 13.2. The van der Waals surface area contributed by atoms with E-state index < -0.39 is 6.03 Å². The zero-order valence-corrected chi connectivity index (χ0v) is 10.3. The molecule has 0 unspecified atom stereocenters. The number of urea groups is 1. The van der Waals surface area contributed by atoms with Gasteiger partial charge in [-0.2, -0.15) is 5.26 Å². The number of rotatable bonds is 2. The van der Waals surface area contributed by atoms with E-state index in [2.05, 4.69) is 10.6 Å². The summed E-state index contributed by atoms with van der Waals surface area (Å²) in [4.78, 5) is 11.7. The molecule has 0 aliphatic carbocycles. The monoisotopic (exact) mass is 269 g/mol. The second-order valence-corrected chi connectivity index (χ2v) is 4.01. The van der Waals surface area contributed by atoms with Crippen molar-refractivity contribution in [2.24, 2.45) is 0 Å². The molecule has 0 aromatic heterocycles.